The molecule has 0 radical (unpaired) electrons. The van der Waals surface area contributed by atoms with Crippen molar-refractivity contribution in [2.45, 2.75) is 65.2 Å². The fourth-order valence-electron chi connectivity index (χ4n) is 3.06. The van der Waals surface area contributed by atoms with Crippen LogP contribution in [0.5, 0.6) is 0 Å². The summed E-state index contributed by atoms with van der Waals surface area (Å²) in [7, 11) is 0. The molecule has 19 heavy (non-hydrogen) atoms. The molecular formula is C16H27N3. The summed E-state index contributed by atoms with van der Waals surface area (Å²) in [6.45, 7) is 8.47. The van der Waals surface area contributed by atoms with Crippen LogP contribution in [-0.2, 0) is 6.42 Å². The van der Waals surface area contributed by atoms with Crippen LogP contribution in [0.2, 0.25) is 0 Å². The lowest BCUT2D eigenvalue weighted by molar-refractivity contribution is 0.427. The number of aromatic nitrogens is 2. The second-order valence-corrected chi connectivity index (χ2v) is 5.67. The van der Waals surface area contributed by atoms with E-state index in [1.165, 1.54) is 49.1 Å². The van der Waals surface area contributed by atoms with Crippen LogP contribution in [0.1, 0.15) is 67.7 Å². The summed E-state index contributed by atoms with van der Waals surface area (Å²) in [5, 5.41) is 3.37. The van der Waals surface area contributed by atoms with Crippen LogP contribution in [0.15, 0.2) is 0 Å². The van der Waals surface area contributed by atoms with Gasteiger partial charge in [0.1, 0.15) is 5.82 Å². The lowest BCUT2D eigenvalue weighted by Gasteiger charge is -2.21. The highest BCUT2D eigenvalue weighted by Crippen LogP contribution is 2.31. The van der Waals surface area contributed by atoms with Gasteiger partial charge in [-0.2, -0.15) is 0 Å². The number of hydrogen-bond donors (Lipinski definition) is 1. The van der Waals surface area contributed by atoms with Crippen molar-refractivity contribution in [1.82, 2.24) is 15.3 Å². The summed E-state index contributed by atoms with van der Waals surface area (Å²) in [5.41, 5.74) is 3.71. The van der Waals surface area contributed by atoms with Crippen molar-refractivity contribution in [3.05, 3.63) is 22.8 Å². The Morgan fingerprint density at radius 2 is 1.68 bits per heavy atom. The Morgan fingerprint density at radius 3 is 2.26 bits per heavy atom. The Kier molecular flexibility index (Phi) is 5.32. The van der Waals surface area contributed by atoms with E-state index in [0.717, 1.165) is 25.3 Å². The minimum absolute atomic E-state index is 0.606. The lowest BCUT2D eigenvalue weighted by Crippen LogP contribution is -2.19. The Hall–Kier alpha value is -0.960. The monoisotopic (exact) mass is 261 g/mol. The van der Waals surface area contributed by atoms with E-state index in [1.54, 1.807) is 0 Å². The first-order chi connectivity index (χ1) is 9.22. The highest BCUT2D eigenvalue weighted by Gasteiger charge is 2.19. The molecule has 1 saturated carbocycles. The Morgan fingerprint density at radius 1 is 1.05 bits per heavy atom. The van der Waals surface area contributed by atoms with E-state index in [1.807, 2.05) is 0 Å². The fourth-order valence-corrected chi connectivity index (χ4v) is 3.06. The molecule has 1 aliphatic rings. The van der Waals surface area contributed by atoms with Crippen LogP contribution < -0.4 is 5.32 Å². The zero-order valence-electron chi connectivity index (χ0n) is 12.6. The van der Waals surface area contributed by atoms with Crippen molar-refractivity contribution in [3.8, 4) is 0 Å². The van der Waals surface area contributed by atoms with Crippen molar-refractivity contribution < 1.29 is 0 Å². The number of rotatable bonds is 5. The highest BCUT2D eigenvalue weighted by molar-refractivity contribution is 5.25. The zero-order valence-corrected chi connectivity index (χ0v) is 12.6. The van der Waals surface area contributed by atoms with E-state index in [-0.39, 0.29) is 0 Å². The van der Waals surface area contributed by atoms with Gasteiger partial charge in [-0.1, -0.05) is 26.2 Å². The van der Waals surface area contributed by atoms with Crippen LogP contribution in [0.4, 0.5) is 0 Å². The van der Waals surface area contributed by atoms with Gasteiger partial charge in [-0.25, -0.2) is 9.97 Å². The standard InChI is InChI=1S/C16H27N3/c1-4-17-11-10-15-12(2)18-16(19-13(15)3)14-8-6-5-7-9-14/h14,17H,4-11H2,1-3H3. The maximum absolute atomic E-state index is 4.80. The van der Waals surface area contributed by atoms with Crippen LogP contribution in [-0.4, -0.2) is 23.1 Å². The van der Waals surface area contributed by atoms with Gasteiger partial charge in [0.2, 0.25) is 0 Å². The second kappa shape index (κ2) is 6.99. The second-order valence-electron chi connectivity index (χ2n) is 5.67. The van der Waals surface area contributed by atoms with Gasteiger partial charge in [0, 0.05) is 17.3 Å². The third-order valence-electron chi connectivity index (χ3n) is 4.21. The molecule has 0 amide bonds. The summed E-state index contributed by atoms with van der Waals surface area (Å²) in [4.78, 5) is 9.59. The third-order valence-corrected chi connectivity index (χ3v) is 4.21. The van der Waals surface area contributed by atoms with Crippen molar-refractivity contribution in [2.75, 3.05) is 13.1 Å². The third kappa shape index (κ3) is 3.75. The topological polar surface area (TPSA) is 37.8 Å². The SMILES string of the molecule is CCNCCc1c(C)nc(C2CCCCC2)nc1C. The van der Waals surface area contributed by atoms with E-state index in [4.69, 9.17) is 9.97 Å². The number of aryl methyl sites for hydroxylation is 2. The molecule has 0 bridgehead atoms. The van der Waals surface area contributed by atoms with Gasteiger partial charge in [-0.05, 0) is 51.8 Å². The van der Waals surface area contributed by atoms with E-state index < -0.39 is 0 Å². The average Bonchev–Trinajstić information content (AvgIpc) is 2.43. The predicted octanol–water partition coefficient (Wildman–Crippen LogP) is 3.29. The molecule has 0 aliphatic heterocycles. The first kappa shape index (κ1) is 14.4. The molecule has 1 fully saturated rings. The molecule has 0 atom stereocenters. The van der Waals surface area contributed by atoms with E-state index >= 15 is 0 Å². The molecule has 106 valence electrons. The Balaban J connectivity index is 2.11. The average molecular weight is 261 g/mol. The molecule has 0 aromatic carbocycles. The van der Waals surface area contributed by atoms with Gasteiger partial charge < -0.3 is 5.32 Å². The summed E-state index contributed by atoms with van der Waals surface area (Å²) < 4.78 is 0. The maximum atomic E-state index is 4.80. The van der Waals surface area contributed by atoms with Crippen molar-refractivity contribution in [2.24, 2.45) is 0 Å². The number of nitrogens with zero attached hydrogens (tertiary/aromatic N) is 2. The minimum Gasteiger partial charge on any atom is -0.317 e. The molecule has 1 aliphatic carbocycles. The van der Waals surface area contributed by atoms with Crippen LogP contribution >= 0.6 is 0 Å². The Labute approximate surface area is 117 Å². The first-order valence-electron chi connectivity index (χ1n) is 7.77. The van der Waals surface area contributed by atoms with Crippen LogP contribution in [0.3, 0.4) is 0 Å². The number of nitrogens with one attached hydrogen (secondary N) is 1. The maximum Gasteiger partial charge on any atom is 0.131 e. The van der Waals surface area contributed by atoms with E-state index in [2.05, 4.69) is 26.1 Å². The van der Waals surface area contributed by atoms with Gasteiger partial charge in [0.25, 0.3) is 0 Å². The Bertz CT molecular complexity index is 385. The molecule has 0 unspecified atom stereocenters. The van der Waals surface area contributed by atoms with E-state index in [9.17, 15) is 0 Å². The van der Waals surface area contributed by atoms with Gasteiger partial charge in [0.15, 0.2) is 0 Å². The van der Waals surface area contributed by atoms with Gasteiger partial charge in [-0.3, -0.25) is 0 Å². The van der Waals surface area contributed by atoms with Crippen LogP contribution in [0, 0.1) is 13.8 Å². The minimum atomic E-state index is 0.606. The van der Waals surface area contributed by atoms with Crippen molar-refractivity contribution >= 4 is 0 Å². The van der Waals surface area contributed by atoms with E-state index in [0.29, 0.717) is 5.92 Å². The zero-order chi connectivity index (χ0) is 13.7. The number of hydrogen-bond acceptors (Lipinski definition) is 3. The van der Waals surface area contributed by atoms with Crippen molar-refractivity contribution in [1.29, 1.82) is 0 Å². The molecule has 1 N–H and O–H groups in total. The summed E-state index contributed by atoms with van der Waals surface area (Å²) in [6.07, 6.45) is 7.65. The highest BCUT2D eigenvalue weighted by atomic mass is 14.9. The smallest absolute Gasteiger partial charge is 0.131 e. The predicted molar refractivity (Wildman–Crippen MR) is 79.6 cm³/mol. The van der Waals surface area contributed by atoms with Crippen molar-refractivity contribution in [3.63, 3.8) is 0 Å². The fraction of sp³-hybridized carbons (Fsp3) is 0.750. The van der Waals surface area contributed by atoms with Gasteiger partial charge in [-0.15, -0.1) is 0 Å². The molecule has 0 spiro atoms. The molecule has 2 rings (SSSR count). The summed E-state index contributed by atoms with van der Waals surface area (Å²) >= 11 is 0. The summed E-state index contributed by atoms with van der Waals surface area (Å²) in [6, 6.07) is 0. The molecule has 1 heterocycles. The van der Waals surface area contributed by atoms with Gasteiger partial charge in [0.05, 0.1) is 0 Å². The summed E-state index contributed by atoms with van der Waals surface area (Å²) in [5.74, 6) is 1.70. The first-order valence-corrected chi connectivity index (χ1v) is 7.77. The van der Waals surface area contributed by atoms with Gasteiger partial charge >= 0.3 is 0 Å². The molecule has 1 aromatic heterocycles. The number of likely N-dealkylation sites (N-methyl/N-ethyl adjacent to an activating group) is 1. The molecule has 1 aromatic rings. The molecular weight excluding hydrogens is 234 g/mol. The molecule has 0 saturated heterocycles. The lowest BCUT2D eigenvalue weighted by atomic mass is 9.88. The van der Waals surface area contributed by atoms with Crippen LogP contribution in [0.25, 0.3) is 0 Å². The quantitative estimate of drug-likeness (QED) is 0.826. The normalized spacial score (nSPS) is 16.8. The largest absolute Gasteiger partial charge is 0.317 e. The molecule has 3 nitrogen and oxygen atoms in total. The molecule has 3 heteroatoms.